The zero-order valence-electron chi connectivity index (χ0n) is 16.6. The quantitative estimate of drug-likeness (QED) is 0.694. The van der Waals surface area contributed by atoms with Gasteiger partial charge in [0.25, 0.3) is 11.6 Å². The molecule has 0 aromatic heterocycles. The number of hydrogen-bond donors (Lipinski definition) is 3. The summed E-state index contributed by atoms with van der Waals surface area (Å²) in [4.78, 5) is 35.3. The van der Waals surface area contributed by atoms with Crippen molar-refractivity contribution in [1.29, 1.82) is 0 Å². The number of carbonyl (C=O) groups excluding carboxylic acids is 2. The lowest BCUT2D eigenvalue weighted by atomic mass is 10.0. The molecule has 154 valence electrons. The van der Waals surface area contributed by atoms with Crippen LogP contribution in [0.4, 0.5) is 11.4 Å². The van der Waals surface area contributed by atoms with Crippen LogP contribution < -0.4 is 30.7 Å². The molecule has 10 nitrogen and oxygen atoms in total. The van der Waals surface area contributed by atoms with Gasteiger partial charge in [-0.15, -0.1) is 0 Å². The lowest BCUT2D eigenvalue weighted by Crippen LogP contribution is -2.51. The van der Waals surface area contributed by atoms with Gasteiger partial charge in [-0.05, 0) is 18.2 Å². The minimum absolute atomic E-state index is 0.0251. The Labute approximate surface area is 172 Å². The van der Waals surface area contributed by atoms with Crippen LogP contribution >= 0.6 is 0 Å². The Morgan fingerprint density at radius 2 is 1.93 bits per heavy atom. The molecule has 30 heavy (non-hydrogen) atoms. The van der Waals surface area contributed by atoms with E-state index in [9.17, 15) is 9.59 Å². The van der Waals surface area contributed by atoms with E-state index in [1.807, 2.05) is 0 Å². The van der Waals surface area contributed by atoms with Crippen LogP contribution in [-0.2, 0) is 15.3 Å². The SMILES string of the molecule is COc1ccc(OC)c(NC2=N[C@]3(N=C(N)N2)C(=O)N(C(C)=O)c2ccccc23)c1. The molecule has 2 aromatic carbocycles. The number of imide groups is 1. The van der Waals surface area contributed by atoms with Crippen molar-refractivity contribution in [3.8, 4) is 11.5 Å². The Morgan fingerprint density at radius 3 is 2.63 bits per heavy atom. The van der Waals surface area contributed by atoms with Crippen molar-refractivity contribution >= 4 is 35.1 Å². The van der Waals surface area contributed by atoms with Gasteiger partial charge in [0.15, 0.2) is 5.96 Å². The monoisotopic (exact) mass is 408 g/mol. The minimum atomic E-state index is -1.70. The van der Waals surface area contributed by atoms with E-state index in [0.717, 1.165) is 4.90 Å². The third-order valence-corrected chi connectivity index (χ3v) is 4.80. The molecule has 1 atom stereocenters. The number of hydrogen-bond acceptors (Lipinski definition) is 9. The van der Waals surface area contributed by atoms with E-state index in [4.69, 9.17) is 15.2 Å². The third kappa shape index (κ3) is 2.89. The van der Waals surface area contributed by atoms with E-state index >= 15 is 0 Å². The molecule has 2 heterocycles. The summed E-state index contributed by atoms with van der Waals surface area (Å²) in [5.41, 5.74) is 5.73. The van der Waals surface area contributed by atoms with Gasteiger partial charge in [0.05, 0.1) is 25.6 Å². The summed E-state index contributed by atoms with van der Waals surface area (Å²) in [5.74, 6) is 0.230. The molecule has 2 aliphatic rings. The zero-order valence-corrected chi connectivity index (χ0v) is 16.6. The number of nitrogens with one attached hydrogen (secondary N) is 2. The maximum atomic E-state index is 13.3. The normalized spacial score (nSPS) is 19.6. The maximum absolute atomic E-state index is 13.3. The van der Waals surface area contributed by atoms with Crippen molar-refractivity contribution in [2.24, 2.45) is 15.7 Å². The van der Waals surface area contributed by atoms with Crippen molar-refractivity contribution < 1.29 is 19.1 Å². The van der Waals surface area contributed by atoms with Crippen molar-refractivity contribution in [3.63, 3.8) is 0 Å². The van der Waals surface area contributed by atoms with Gasteiger partial charge in [0.2, 0.25) is 11.9 Å². The number of anilines is 2. The molecule has 0 unspecified atom stereocenters. The Balaban J connectivity index is 1.82. The fourth-order valence-corrected chi connectivity index (χ4v) is 3.51. The van der Waals surface area contributed by atoms with E-state index in [0.29, 0.717) is 28.4 Å². The van der Waals surface area contributed by atoms with Crippen molar-refractivity contribution in [2.75, 3.05) is 24.4 Å². The first-order chi connectivity index (χ1) is 14.4. The number of aliphatic imine (C=N–C) groups is 2. The molecule has 4 N–H and O–H groups in total. The minimum Gasteiger partial charge on any atom is -0.497 e. The summed E-state index contributed by atoms with van der Waals surface area (Å²) < 4.78 is 10.6. The second kappa shape index (κ2) is 7.07. The van der Waals surface area contributed by atoms with Gasteiger partial charge in [-0.2, -0.15) is 0 Å². The fraction of sp³-hybridized carbons (Fsp3) is 0.200. The lowest BCUT2D eigenvalue weighted by molar-refractivity contribution is -0.127. The van der Waals surface area contributed by atoms with Crippen molar-refractivity contribution in [3.05, 3.63) is 48.0 Å². The molecule has 1 spiro atoms. The van der Waals surface area contributed by atoms with Crippen LogP contribution in [0.3, 0.4) is 0 Å². The third-order valence-electron chi connectivity index (χ3n) is 4.80. The average molecular weight is 408 g/mol. The largest absolute Gasteiger partial charge is 0.497 e. The Hall–Kier alpha value is -4.08. The highest BCUT2D eigenvalue weighted by Crippen LogP contribution is 2.45. The average Bonchev–Trinajstić information content (AvgIpc) is 2.95. The van der Waals surface area contributed by atoms with Crippen LogP contribution in [0.1, 0.15) is 12.5 Å². The van der Waals surface area contributed by atoms with E-state index in [1.54, 1.807) is 49.6 Å². The van der Waals surface area contributed by atoms with Gasteiger partial charge in [0.1, 0.15) is 11.5 Å². The highest BCUT2D eigenvalue weighted by molar-refractivity contribution is 6.24. The molecule has 0 saturated carbocycles. The van der Waals surface area contributed by atoms with E-state index in [-0.39, 0.29) is 11.9 Å². The van der Waals surface area contributed by atoms with Crippen molar-refractivity contribution in [1.82, 2.24) is 5.32 Å². The molecule has 4 rings (SSSR count). The van der Waals surface area contributed by atoms with Gasteiger partial charge in [0, 0.05) is 18.6 Å². The molecule has 10 heteroatoms. The highest BCUT2D eigenvalue weighted by Gasteiger charge is 2.54. The molecule has 0 bridgehead atoms. The molecule has 2 amide bonds. The number of benzene rings is 2. The lowest BCUT2D eigenvalue weighted by Gasteiger charge is -2.27. The Kier molecular flexibility index (Phi) is 4.53. The highest BCUT2D eigenvalue weighted by atomic mass is 16.5. The second-order valence-electron chi connectivity index (χ2n) is 6.62. The number of guanidine groups is 2. The predicted octanol–water partition coefficient (Wildman–Crippen LogP) is 1.14. The maximum Gasteiger partial charge on any atom is 0.289 e. The Morgan fingerprint density at radius 1 is 1.17 bits per heavy atom. The Bertz CT molecular complexity index is 1110. The summed E-state index contributed by atoms with van der Waals surface area (Å²) >= 11 is 0. The number of para-hydroxylation sites is 1. The molecule has 0 aliphatic carbocycles. The van der Waals surface area contributed by atoms with Crippen LogP contribution in [-0.4, -0.2) is 38.0 Å². The first kappa shape index (κ1) is 19.2. The van der Waals surface area contributed by atoms with Crippen LogP contribution in [0.2, 0.25) is 0 Å². The number of methoxy groups -OCH3 is 2. The van der Waals surface area contributed by atoms with Crippen LogP contribution in [0.15, 0.2) is 52.4 Å². The van der Waals surface area contributed by atoms with E-state index in [1.165, 1.54) is 14.0 Å². The molecular formula is C20H20N6O4. The molecule has 2 aliphatic heterocycles. The summed E-state index contributed by atoms with van der Waals surface area (Å²) in [6.45, 7) is 1.31. The van der Waals surface area contributed by atoms with E-state index < -0.39 is 17.5 Å². The first-order valence-electron chi connectivity index (χ1n) is 9.05. The van der Waals surface area contributed by atoms with Crippen LogP contribution in [0.25, 0.3) is 0 Å². The first-order valence-corrected chi connectivity index (χ1v) is 9.05. The summed E-state index contributed by atoms with van der Waals surface area (Å²) in [6, 6.07) is 12.0. The van der Waals surface area contributed by atoms with Gasteiger partial charge >= 0.3 is 0 Å². The second-order valence-corrected chi connectivity index (χ2v) is 6.62. The number of nitrogens with zero attached hydrogens (tertiary/aromatic N) is 3. The van der Waals surface area contributed by atoms with Gasteiger partial charge < -0.3 is 20.5 Å². The fourth-order valence-electron chi connectivity index (χ4n) is 3.51. The predicted molar refractivity (Wildman–Crippen MR) is 112 cm³/mol. The molecule has 0 radical (unpaired) electrons. The number of nitrogens with two attached hydrogens (primary N) is 1. The number of amides is 2. The molecular weight excluding hydrogens is 388 g/mol. The van der Waals surface area contributed by atoms with Crippen LogP contribution in [0.5, 0.6) is 11.5 Å². The molecule has 0 fully saturated rings. The molecule has 0 saturated heterocycles. The van der Waals surface area contributed by atoms with Crippen LogP contribution in [0, 0.1) is 0 Å². The van der Waals surface area contributed by atoms with E-state index in [2.05, 4.69) is 20.6 Å². The van der Waals surface area contributed by atoms with Crippen molar-refractivity contribution in [2.45, 2.75) is 12.6 Å². The summed E-state index contributed by atoms with van der Waals surface area (Å²) in [6.07, 6.45) is 0. The zero-order chi connectivity index (χ0) is 21.5. The molecule has 2 aromatic rings. The number of rotatable bonds is 3. The topological polar surface area (TPSA) is 131 Å². The standard InChI is InChI=1S/C20H20N6O4/c1-11(27)26-15-7-5-4-6-13(15)20(17(26)28)24-18(21)23-19(25-20)22-14-10-12(29-2)8-9-16(14)30-3/h4-10H,1-3H3,(H4,21,22,23,24,25)/t20-/m0/s1. The number of carbonyl (C=O) groups is 2. The van der Waals surface area contributed by atoms with Gasteiger partial charge in [-0.1, -0.05) is 18.2 Å². The number of ether oxygens (including phenoxy) is 2. The smallest absolute Gasteiger partial charge is 0.289 e. The summed E-state index contributed by atoms with van der Waals surface area (Å²) in [5, 5.41) is 5.88. The van der Waals surface area contributed by atoms with Gasteiger partial charge in [-0.25, -0.2) is 14.9 Å². The summed E-state index contributed by atoms with van der Waals surface area (Å²) in [7, 11) is 3.08. The van der Waals surface area contributed by atoms with Gasteiger partial charge in [-0.3, -0.25) is 14.9 Å². The number of fused-ring (bicyclic) bond motifs is 2.